The highest BCUT2D eigenvalue weighted by molar-refractivity contribution is 6.00. The molecule has 0 bridgehead atoms. The molecule has 1 aliphatic heterocycles. The molecule has 5 rings (SSSR count). The van der Waals surface area contributed by atoms with Crippen LogP contribution >= 0.6 is 0 Å². The summed E-state index contributed by atoms with van der Waals surface area (Å²) in [6.45, 7) is 9.21. The number of fused-ring (bicyclic) bond motifs is 1. The van der Waals surface area contributed by atoms with Gasteiger partial charge in [0.1, 0.15) is 22.9 Å². The van der Waals surface area contributed by atoms with E-state index >= 15 is 0 Å². The maximum Gasteiger partial charge on any atom is 0.273 e. The largest absolute Gasteiger partial charge is 0.507 e. The molecule has 8 nitrogen and oxygen atoms in total. The molecule has 2 heterocycles. The quantitative estimate of drug-likeness (QED) is 0.256. The molecule has 208 valence electrons. The fourth-order valence-electron chi connectivity index (χ4n) is 5.50. The van der Waals surface area contributed by atoms with Crippen molar-refractivity contribution in [2.45, 2.75) is 40.2 Å². The molecule has 0 saturated heterocycles. The second-order valence-corrected chi connectivity index (χ2v) is 9.91. The highest BCUT2D eigenvalue weighted by atomic mass is 16.5. The molecule has 1 aromatic heterocycles. The summed E-state index contributed by atoms with van der Waals surface area (Å²) in [6.07, 6.45) is 0.656. The topological polar surface area (TPSA) is 96.9 Å². The number of benzene rings is 3. The Morgan fingerprint density at radius 1 is 0.975 bits per heavy atom. The van der Waals surface area contributed by atoms with E-state index in [9.17, 15) is 9.90 Å². The number of rotatable bonds is 10. The van der Waals surface area contributed by atoms with Gasteiger partial charge in [-0.2, -0.15) is 5.10 Å². The van der Waals surface area contributed by atoms with Crippen LogP contribution in [-0.4, -0.2) is 53.0 Å². The number of carbonyl (C=O) groups excluding carboxylic acids is 1. The molecule has 0 fully saturated rings. The van der Waals surface area contributed by atoms with E-state index in [2.05, 4.69) is 10.2 Å². The summed E-state index contributed by atoms with van der Waals surface area (Å²) in [4.78, 5) is 15.7. The maximum absolute atomic E-state index is 13.9. The molecular weight excluding hydrogens is 506 g/mol. The van der Waals surface area contributed by atoms with E-state index in [0.717, 1.165) is 33.6 Å². The first-order chi connectivity index (χ1) is 19.4. The standard InChI is InChI=1S/C32H35N3O5/c1-6-39-25-13-10-22(18-26(25)40-7-2)31-28-29(27-20(4)16-19(3)17-24(27)36)33-34-30(28)32(37)35(31)15-14-21-8-11-23(38-5)12-9-21/h8-13,16-18,31,36H,6-7,14-15H2,1-5H3,(H,33,34). The van der Waals surface area contributed by atoms with Crippen molar-refractivity contribution in [3.8, 4) is 34.3 Å². The molecule has 0 spiro atoms. The molecule has 0 aliphatic carbocycles. The molecule has 1 unspecified atom stereocenters. The van der Waals surface area contributed by atoms with Crippen molar-refractivity contribution in [3.05, 3.63) is 88.1 Å². The van der Waals surface area contributed by atoms with Crippen molar-refractivity contribution >= 4 is 5.91 Å². The lowest BCUT2D eigenvalue weighted by Gasteiger charge is -2.27. The Morgan fingerprint density at radius 3 is 2.38 bits per heavy atom. The Bertz CT molecular complexity index is 1500. The number of aryl methyl sites for hydroxylation is 2. The second-order valence-electron chi connectivity index (χ2n) is 9.91. The highest BCUT2D eigenvalue weighted by Crippen LogP contribution is 2.47. The van der Waals surface area contributed by atoms with Gasteiger partial charge in [0.15, 0.2) is 11.5 Å². The average molecular weight is 542 g/mol. The normalized spacial score (nSPS) is 14.4. The van der Waals surface area contributed by atoms with Gasteiger partial charge in [-0.05, 0) is 86.7 Å². The van der Waals surface area contributed by atoms with Crippen LogP contribution in [0.4, 0.5) is 0 Å². The molecular formula is C32H35N3O5. The minimum absolute atomic E-state index is 0.136. The number of H-pyrrole nitrogens is 1. The number of aromatic amines is 1. The molecule has 2 N–H and O–H groups in total. The van der Waals surface area contributed by atoms with Gasteiger partial charge in [-0.25, -0.2) is 0 Å². The van der Waals surface area contributed by atoms with Crippen molar-refractivity contribution in [2.24, 2.45) is 0 Å². The molecule has 3 aromatic carbocycles. The van der Waals surface area contributed by atoms with E-state index in [1.807, 2.05) is 81.1 Å². The van der Waals surface area contributed by atoms with Gasteiger partial charge in [0.2, 0.25) is 0 Å². The van der Waals surface area contributed by atoms with Crippen LogP contribution in [0.5, 0.6) is 23.0 Å². The molecule has 0 radical (unpaired) electrons. The van der Waals surface area contributed by atoms with Gasteiger partial charge >= 0.3 is 0 Å². The number of amides is 1. The Kier molecular flexibility index (Phi) is 7.69. The molecule has 0 saturated carbocycles. The Hall–Kier alpha value is -4.46. The minimum Gasteiger partial charge on any atom is -0.507 e. The average Bonchev–Trinajstić information content (AvgIpc) is 3.47. The summed E-state index contributed by atoms with van der Waals surface area (Å²) in [6, 6.07) is 17.0. The van der Waals surface area contributed by atoms with Crippen molar-refractivity contribution in [1.29, 1.82) is 0 Å². The number of methoxy groups -OCH3 is 1. The van der Waals surface area contributed by atoms with E-state index in [-0.39, 0.29) is 11.7 Å². The summed E-state index contributed by atoms with van der Waals surface area (Å²) >= 11 is 0. The minimum atomic E-state index is -0.440. The van der Waals surface area contributed by atoms with Gasteiger partial charge in [0.25, 0.3) is 5.91 Å². The van der Waals surface area contributed by atoms with Crippen LogP contribution in [0, 0.1) is 13.8 Å². The highest BCUT2D eigenvalue weighted by Gasteiger charge is 2.42. The lowest BCUT2D eigenvalue weighted by atomic mass is 9.93. The molecule has 4 aromatic rings. The molecule has 8 heteroatoms. The summed E-state index contributed by atoms with van der Waals surface area (Å²) in [5.74, 6) is 2.06. The zero-order chi connectivity index (χ0) is 28.4. The van der Waals surface area contributed by atoms with Gasteiger partial charge in [0, 0.05) is 17.7 Å². The fraction of sp³-hybridized carbons (Fsp3) is 0.312. The number of hydrogen-bond acceptors (Lipinski definition) is 6. The molecule has 1 atom stereocenters. The smallest absolute Gasteiger partial charge is 0.273 e. The number of phenolic OH excluding ortho intramolecular Hbond substituents is 1. The van der Waals surface area contributed by atoms with Crippen LogP contribution in [0.1, 0.15) is 58.2 Å². The number of nitrogens with zero attached hydrogens (tertiary/aromatic N) is 2. The molecule has 40 heavy (non-hydrogen) atoms. The molecule has 1 aliphatic rings. The van der Waals surface area contributed by atoms with Crippen molar-refractivity contribution in [2.75, 3.05) is 26.9 Å². The Balaban J connectivity index is 1.61. The van der Waals surface area contributed by atoms with E-state index in [1.54, 1.807) is 13.2 Å². The van der Waals surface area contributed by atoms with Crippen LogP contribution in [0.3, 0.4) is 0 Å². The number of ether oxygens (including phenoxy) is 3. The van der Waals surface area contributed by atoms with Gasteiger partial charge in [-0.3, -0.25) is 9.89 Å². The van der Waals surface area contributed by atoms with E-state index in [0.29, 0.717) is 54.6 Å². The third-order valence-electron chi connectivity index (χ3n) is 7.24. The van der Waals surface area contributed by atoms with Crippen LogP contribution < -0.4 is 14.2 Å². The summed E-state index contributed by atoms with van der Waals surface area (Å²) < 4.78 is 17.0. The first kappa shape index (κ1) is 27.1. The summed E-state index contributed by atoms with van der Waals surface area (Å²) in [7, 11) is 1.64. The van der Waals surface area contributed by atoms with Gasteiger partial charge in [-0.1, -0.05) is 24.3 Å². The number of nitrogens with one attached hydrogen (secondary N) is 1. The number of hydrogen-bond donors (Lipinski definition) is 2. The predicted molar refractivity (Wildman–Crippen MR) is 154 cm³/mol. The van der Waals surface area contributed by atoms with Crippen LogP contribution in [0.15, 0.2) is 54.6 Å². The Labute approximate surface area is 234 Å². The van der Waals surface area contributed by atoms with Gasteiger partial charge in [-0.15, -0.1) is 0 Å². The van der Waals surface area contributed by atoms with Crippen LogP contribution in [-0.2, 0) is 6.42 Å². The van der Waals surface area contributed by atoms with Crippen molar-refractivity contribution < 1.29 is 24.1 Å². The van der Waals surface area contributed by atoms with Crippen molar-refractivity contribution in [3.63, 3.8) is 0 Å². The monoisotopic (exact) mass is 541 g/mol. The predicted octanol–water partition coefficient (Wildman–Crippen LogP) is 5.99. The molecule has 1 amide bonds. The zero-order valence-corrected chi connectivity index (χ0v) is 23.6. The van der Waals surface area contributed by atoms with Crippen LogP contribution in [0.25, 0.3) is 11.3 Å². The van der Waals surface area contributed by atoms with E-state index in [4.69, 9.17) is 14.2 Å². The first-order valence-corrected chi connectivity index (χ1v) is 13.6. The third-order valence-corrected chi connectivity index (χ3v) is 7.24. The lowest BCUT2D eigenvalue weighted by molar-refractivity contribution is 0.0745. The Morgan fingerprint density at radius 2 is 1.70 bits per heavy atom. The SMILES string of the molecule is CCOc1ccc(C2c3c(-c4c(C)cc(C)cc4O)n[nH]c3C(=O)N2CCc2ccc(OC)cc2)cc1OCC. The summed E-state index contributed by atoms with van der Waals surface area (Å²) in [5.41, 5.74) is 6.17. The number of carbonyl (C=O) groups is 1. The first-order valence-electron chi connectivity index (χ1n) is 13.6. The van der Waals surface area contributed by atoms with E-state index < -0.39 is 6.04 Å². The number of aromatic hydroxyl groups is 1. The maximum atomic E-state index is 13.9. The number of phenols is 1. The van der Waals surface area contributed by atoms with Gasteiger partial charge < -0.3 is 24.2 Å². The fourth-order valence-corrected chi connectivity index (χ4v) is 5.50. The zero-order valence-electron chi connectivity index (χ0n) is 23.6. The van der Waals surface area contributed by atoms with E-state index in [1.165, 1.54) is 0 Å². The van der Waals surface area contributed by atoms with Gasteiger partial charge in [0.05, 0.1) is 26.4 Å². The second kappa shape index (κ2) is 11.3. The number of aromatic nitrogens is 2. The summed E-state index contributed by atoms with van der Waals surface area (Å²) in [5, 5.41) is 18.5. The third kappa shape index (κ3) is 4.97. The van der Waals surface area contributed by atoms with Crippen molar-refractivity contribution in [1.82, 2.24) is 15.1 Å². The van der Waals surface area contributed by atoms with Crippen LogP contribution in [0.2, 0.25) is 0 Å². The lowest BCUT2D eigenvalue weighted by Crippen LogP contribution is -2.31.